The van der Waals surface area contributed by atoms with E-state index in [0.29, 0.717) is 0 Å². The Hall–Kier alpha value is -1.66. The minimum absolute atomic E-state index is 0.0144. The average molecular weight is 333 g/mol. The summed E-state index contributed by atoms with van der Waals surface area (Å²) in [5, 5.41) is 4.52. The summed E-state index contributed by atoms with van der Waals surface area (Å²) < 4.78 is 28.8. The van der Waals surface area contributed by atoms with E-state index in [-0.39, 0.29) is 17.2 Å². The first-order chi connectivity index (χ1) is 10.8. The van der Waals surface area contributed by atoms with Crippen molar-refractivity contribution >= 4 is 10.0 Å². The molecule has 1 N–H and O–H groups in total. The lowest BCUT2D eigenvalue weighted by atomic mass is 9.74. The van der Waals surface area contributed by atoms with Crippen LogP contribution < -0.4 is 4.72 Å². The standard InChI is InChI=1S/C17H23N3O2S/c1-4-23(21,22)19-15-10-17(2,3)11-16-14(15)12-18-20(16)13-8-6-5-7-9-13/h5-9,12,15,19H,4,10-11H2,1-3H3/t15-/m0/s1. The summed E-state index contributed by atoms with van der Waals surface area (Å²) >= 11 is 0. The van der Waals surface area contributed by atoms with Crippen LogP contribution in [0.3, 0.4) is 0 Å². The molecule has 0 unspecified atom stereocenters. The molecule has 0 radical (unpaired) electrons. The van der Waals surface area contributed by atoms with Gasteiger partial charge in [0.15, 0.2) is 0 Å². The van der Waals surface area contributed by atoms with Crippen LogP contribution in [0.15, 0.2) is 36.5 Å². The maximum Gasteiger partial charge on any atom is 0.211 e. The Balaban J connectivity index is 2.05. The SMILES string of the molecule is CCS(=O)(=O)N[C@H]1CC(C)(C)Cc2c1cnn2-c1ccccc1. The quantitative estimate of drug-likeness (QED) is 0.936. The van der Waals surface area contributed by atoms with Crippen molar-refractivity contribution in [2.75, 3.05) is 5.75 Å². The molecule has 0 aliphatic heterocycles. The maximum atomic E-state index is 12.0. The Kier molecular flexibility index (Phi) is 4.06. The van der Waals surface area contributed by atoms with Crippen LogP contribution in [-0.2, 0) is 16.4 Å². The predicted octanol–water partition coefficient (Wildman–Crippen LogP) is 2.83. The Morgan fingerprint density at radius 3 is 2.65 bits per heavy atom. The second kappa shape index (κ2) is 5.76. The van der Waals surface area contributed by atoms with E-state index in [1.807, 2.05) is 35.0 Å². The number of rotatable bonds is 4. The number of nitrogens with one attached hydrogen (secondary N) is 1. The lowest BCUT2D eigenvalue weighted by Gasteiger charge is -2.35. The number of sulfonamides is 1. The second-order valence-corrected chi connectivity index (χ2v) is 8.96. The van der Waals surface area contributed by atoms with Gasteiger partial charge in [-0.15, -0.1) is 0 Å². The van der Waals surface area contributed by atoms with Gasteiger partial charge in [-0.05, 0) is 37.3 Å². The molecule has 2 aromatic rings. The molecule has 6 heteroatoms. The summed E-state index contributed by atoms with van der Waals surface area (Å²) in [6, 6.07) is 9.75. The van der Waals surface area contributed by atoms with Gasteiger partial charge in [0, 0.05) is 11.3 Å². The van der Waals surface area contributed by atoms with E-state index in [0.717, 1.165) is 29.8 Å². The lowest BCUT2D eigenvalue weighted by molar-refractivity contribution is 0.269. The minimum atomic E-state index is -3.25. The molecule has 5 nitrogen and oxygen atoms in total. The molecule has 23 heavy (non-hydrogen) atoms. The zero-order chi connectivity index (χ0) is 16.7. The third-order valence-corrected chi connectivity index (χ3v) is 5.79. The monoisotopic (exact) mass is 333 g/mol. The van der Waals surface area contributed by atoms with E-state index in [1.165, 1.54) is 0 Å². The Morgan fingerprint density at radius 1 is 1.30 bits per heavy atom. The number of hydrogen-bond acceptors (Lipinski definition) is 3. The van der Waals surface area contributed by atoms with Gasteiger partial charge in [0.2, 0.25) is 10.0 Å². The highest BCUT2D eigenvalue weighted by atomic mass is 32.2. The smallest absolute Gasteiger partial charge is 0.211 e. The van der Waals surface area contributed by atoms with Crippen LogP contribution in [0.2, 0.25) is 0 Å². The highest BCUT2D eigenvalue weighted by molar-refractivity contribution is 7.89. The number of aromatic nitrogens is 2. The Bertz CT molecular complexity index is 795. The Morgan fingerprint density at radius 2 is 2.00 bits per heavy atom. The van der Waals surface area contributed by atoms with Crippen molar-refractivity contribution in [3.05, 3.63) is 47.8 Å². The van der Waals surface area contributed by atoms with Crippen molar-refractivity contribution in [1.82, 2.24) is 14.5 Å². The number of hydrogen-bond donors (Lipinski definition) is 1. The molecule has 1 aromatic carbocycles. The van der Waals surface area contributed by atoms with Crippen molar-refractivity contribution in [3.63, 3.8) is 0 Å². The van der Waals surface area contributed by atoms with Gasteiger partial charge in [-0.2, -0.15) is 5.10 Å². The number of fused-ring (bicyclic) bond motifs is 1. The van der Waals surface area contributed by atoms with Crippen LogP contribution in [0.25, 0.3) is 5.69 Å². The highest BCUT2D eigenvalue weighted by Gasteiger charge is 2.36. The van der Waals surface area contributed by atoms with E-state index >= 15 is 0 Å². The molecule has 1 aromatic heterocycles. The van der Waals surface area contributed by atoms with Gasteiger partial charge in [-0.3, -0.25) is 0 Å². The number of benzene rings is 1. The van der Waals surface area contributed by atoms with Crippen molar-refractivity contribution in [2.24, 2.45) is 5.41 Å². The molecule has 3 rings (SSSR count). The predicted molar refractivity (Wildman–Crippen MR) is 91.0 cm³/mol. The summed E-state index contributed by atoms with van der Waals surface area (Å²) in [5.41, 5.74) is 3.10. The molecular formula is C17H23N3O2S. The molecular weight excluding hydrogens is 310 g/mol. The van der Waals surface area contributed by atoms with Gasteiger partial charge in [-0.1, -0.05) is 32.0 Å². The fraction of sp³-hybridized carbons (Fsp3) is 0.471. The first-order valence-corrected chi connectivity index (χ1v) is 9.59. The highest BCUT2D eigenvalue weighted by Crippen LogP contribution is 2.41. The van der Waals surface area contributed by atoms with E-state index < -0.39 is 10.0 Å². The maximum absolute atomic E-state index is 12.0. The average Bonchev–Trinajstić information content (AvgIpc) is 2.90. The molecule has 1 aliphatic carbocycles. The van der Waals surface area contributed by atoms with Gasteiger partial charge in [0.05, 0.1) is 23.7 Å². The third kappa shape index (κ3) is 3.33. The van der Waals surface area contributed by atoms with Crippen LogP contribution >= 0.6 is 0 Å². The van der Waals surface area contributed by atoms with E-state index in [4.69, 9.17) is 0 Å². The fourth-order valence-electron chi connectivity index (χ4n) is 3.24. The summed E-state index contributed by atoms with van der Waals surface area (Å²) in [6.45, 7) is 6.00. The molecule has 0 amide bonds. The van der Waals surface area contributed by atoms with Crippen molar-refractivity contribution in [1.29, 1.82) is 0 Å². The topological polar surface area (TPSA) is 64.0 Å². The van der Waals surface area contributed by atoms with E-state index in [1.54, 1.807) is 13.1 Å². The van der Waals surface area contributed by atoms with Crippen LogP contribution in [0.4, 0.5) is 0 Å². The molecule has 0 saturated carbocycles. The second-order valence-electron chi connectivity index (χ2n) is 6.91. The zero-order valence-electron chi connectivity index (χ0n) is 13.8. The largest absolute Gasteiger partial charge is 0.237 e. The Labute approximate surface area is 137 Å². The number of para-hydroxylation sites is 1. The van der Waals surface area contributed by atoms with Crippen LogP contribution in [0.1, 0.15) is 44.5 Å². The van der Waals surface area contributed by atoms with Crippen LogP contribution in [0.5, 0.6) is 0 Å². The van der Waals surface area contributed by atoms with Gasteiger partial charge < -0.3 is 0 Å². The molecule has 0 fully saturated rings. The van der Waals surface area contributed by atoms with E-state index in [9.17, 15) is 8.42 Å². The molecule has 124 valence electrons. The third-order valence-electron chi connectivity index (χ3n) is 4.38. The molecule has 0 spiro atoms. The van der Waals surface area contributed by atoms with Crippen LogP contribution in [0, 0.1) is 5.41 Å². The van der Waals surface area contributed by atoms with Crippen molar-refractivity contribution in [2.45, 2.75) is 39.7 Å². The lowest BCUT2D eigenvalue weighted by Crippen LogP contribution is -2.37. The van der Waals surface area contributed by atoms with E-state index in [2.05, 4.69) is 23.7 Å². The normalized spacial score (nSPS) is 20.2. The van der Waals surface area contributed by atoms with Gasteiger partial charge in [0.1, 0.15) is 0 Å². The molecule has 1 aliphatic rings. The van der Waals surface area contributed by atoms with Crippen molar-refractivity contribution in [3.8, 4) is 5.69 Å². The van der Waals surface area contributed by atoms with Crippen molar-refractivity contribution < 1.29 is 8.42 Å². The fourth-order valence-corrected chi connectivity index (χ4v) is 4.05. The van der Waals surface area contributed by atoms with Gasteiger partial charge in [-0.25, -0.2) is 17.8 Å². The first kappa shape index (κ1) is 16.2. The molecule has 0 saturated heterocycles. The summed E-state index contributed by atoms with van der Waals surface area (Å²) in [7, 11) is -3.25. The molecule has 1 heterocycles. The van der Waals surface area contributed by atoms with Crippen LogP contribution in [-0.4, -0.2) is 24.0 Å². The van der Waals surface area contributed by atoms with Gasteiger partial charge in [0.25, 0.3) is 0 Å². The zero-order valence-corrected chi connectivity index (χ0v) is 14.6. The summed E-state index contributed by atoms with van der Waals surface area (Å²) in [4.78, 5) is 0. The number of nitrogens with zero attached hydrogens (tertiary/aromatic N) is 2. The minimum Gasteiger partial charge on any atom is -0.237 e. The first-order valence-electron chi connectivity index (χ1n) is 7.93. The summed E-state index contributed by atoms with van der Waals surface area (Å²) in [6.07, 6.45) is 3.46. The molecule has 1 atom stereocenters. The molecule has 0 bridgehead atoms. The summed E-state index contributed by atoms with van der Waals surface area (Å²) in [5.74, 6) is 0.0894. The van der Waals surface area contributed by atoms with Gasteiger partial charge >= 0.3 is 0 Å².